The van der Waals surface area contributed by atoms with Crippen LogP contribution in [0.5, 0.6) is 11.8 Å². The number of carbonyl (C=O) groups excluding carboxylic acids is 1. The van der Waals surface area contributed by atoms with Crippen LogP contribution in [0.2, 0.25) is 0 Å². The first-order chi connectivity index (χ1) is 23.3. The lowest BCUT2D eigenvalue weighted by Crippen LogP contribution is -2.51. The van der Waals surface area contributed by atoms with E-state index in [1.54, 1.807) is 18.3 Å². The fraction of sp³-hybridized carbons (Fsp3) is 0.500. The highest BCUT2D eigenvalue weighted by Crippen LogP contribution is 2.41. The van der Waals surface area contributed by atoms with Gasteiger partial charge in [0.15, 0.2) is 5.82 Å². The fourth-order valence-corrected chi connectivity index (χ4v) is 7.80. The topological polar surface area (TPSA) is 122 Å². The van der Waals surface area contributed by atoms with E-state index < -0.39 is 5.82 Å². The number of hydrogen-bond acceptors (Lipinski definition) is 11. The molecule has 2 N–H and O–H groups in total. The van der Waals surface area contributed by atoms with Gasteiger partial charge in [0, 0.05) is 24.8 Å². The highest BCUT2D eigenvalue weighted by Gasteiger charge is 2.45. The van der Waals surface area contributed by atoms with Crippen LogP contribution in [0, 0.1) is 5.82 Å². The molecule has 12 heteroatoms. The Balaban J connectivity index is 1.35. The molecule has 11 nitrogen and oxygen atoms in total. The Bertz CT molecular complexity index is 1810. The summed E-state index contributed by atoms with van der Waals surface area (Å²) < 4.78 is 34.3. The summed E-state index contributed by atoms with van der Waals surface area (Å²) in [6, 6.07) is 9.07. The van der Waals surface area contributed by atoms with Crippen LogP contribution in [0.4, 0.5) is 10.2 Å². The first-order valence-electron chi connectivity index (χ1n) is 16.9. The Morgan fingerprint density at radius 3 is 2.79 bits per heavy atom. The molecule has 0 saturated carbocycles. The Hall–Kier alpha value is -4.13. The highest BCUT2D eigenvalue weighted by atomic mass is 19.1. The maximum absolute atomic E-state index is 17.1. The quantitative estimate of drug-likeness (QED) is 0.174. The van der Waals surface area contributed by atoms with Gasteiger partial charge in [-0.2, -0.15) is 9.97 Å². The smallest absolute Gasteiger partial charge is 0.319 e. The van der Waals surface area contributed by atoms with Crippen molar-refractivity contribution < 1.29 is 28.5 Å². The van der Waals surface area contributed by atoms with Crippen molar-refractivity contribution in [1.29, 1.82) is 0 Å². The molecule has 48 heavy (non-hydrogen) atoms. The number of rotatable bonds is 11. The van der Waals surface area contributed by atoms with Gasteiger partial charge in [-0.1, -0.05) is 18.2 Å². The van der Waals surface area contributed by atoms with Crippen molar-refractivity contribution in [3.05, 3.63) is 47.9 Å². The molecule has 2 aromatic heterocycles. The Morgan fingerprint density at radius 2 is 2.00 bits per heavy atom. The van der Waals surface area contributed by atoms with E-state index in [0.29, 0.717) is 69.0 Å². The standard InChI is InChI=1S/C36H43FN6O5/c1-35(38-2)20-42(14-16-46-21-35)33-28-19-39-31(27-18-26(45)17-25-8-3-7-24(29(25)27)9-4-15-47-23-44)30(37)32(28)40-34(41-33)48-22-36-10-5-12-43(36)13-6-11-36/h3,7-8,17-19,23,38,45H,4-6,9-16,20-22H2,1-2H3/t35-/m1/s1. The van der Waals surface area contributed by atoms with Crippen molar-refractivity contribution in [1.82, 2.24) is 25.2 Å². The zero-order valence-corrected chi connectivity index (χ0v) is 27.6. The lowest BCUT2D eigenvalue weighted by atomic mass is 9.94. The molecule has 0 unspecified atom stereocenters. The highest BCUT2D eigenvalue weighted by molar-refractivity contribution is 6.01. The number of aromatic nitrogens is 3. The van der Waals surface area contributed by atoms with E-state index in [0.717, 1.165) is 55.1 Å². The van der Waals surface area contributed by atoms with Crippen LogP contribution in [0.3, 0.4) is 0 Å². The Labute approximate surface area is 279 Å². The van der Waals surface area contributed by atoms with Crippen LogP contribution in [0.1, 0.15) is 44.6 Å². The molecular formula is C36H43FN6O5. The average Bonchev–Trinajstić information content (AvgIpc) is 3.61. The number of nitrogens with one attached hydrogen (secondary N) is 1. The van der Waals surface area contributed by atoms with Crippen LogP contribution in [-0.4, -0.2) is 102 Å². The number of anilines is 1. The van der Waals surface area contributed by atoms with Crippen molar-refractivity contribution in [2.45, 2.75) is 56.5 Å². The predicted molar refractivity (Wildman–Crippen MR) is 181 cm³/mol. The number of nitrogens with zero attached hydrogens (tertiary/aromatic N) is 5. The van der Waals surface area contributed by atoms with Crippen molar-refractivity contribution in [3.63, 3.8) is 0 Å². The van der Waals surface area contributed by atoms with Gasteiger partial charge in [-0.05, 0) is 94.1 Å². The minimum atomic E-state index is -0.615. The molecule has 4 aromatic rings. The molecule has 7 rings (SSSR count). The van der Waals surface area contributed by atoms with Gasteiger partial charge in [0.1, 0.15) is 29.4 Å². The summed E-state index contributed by atoms with van der Waals surface area (Å²) in [6.45, 7) is 7.51. The zero-order chi connectivity index (χ0) is 33.3. The van der Waals surface area contributed by atoms with Gasteiger partial charge in [-0.25, -0.2) is 4.39 Å². The number of phenols is 1. The normalized spacial score (nSPS) is 21.0. The van der Waals surface area contributed by atoms with E-state index in [1.165, 1.54) is 0 Å². The predicted octanol–water partition coefficient (Wildman–Crippen LogP) is 4.62. The molecule has 0 spiro atoms. The first-order valence-corrected chi connectivity index (χ1v) is 16.9. The minimum Gasteiger partial charge on any atom is -0.508 e. The summed E-state index contributed by atoms with van der Waals surface area (Å²) >= 11 is 0. The largest absolute Gasteiger partial charge is 0.508 e. The molecule has 0 aliphatic carbocycles. The number of carbonyl (C=O) groups is 1. The maximum atomic E-state index is 17.1. The number of ether oxygens (including phenoxy) is 3. The van der Waals surface area contributed by atoms with E-state index in [9.17, 15) is 9.90 Å². The van der Waals surface area contributed by atoms with Gasteiger partial charge in [0.05, 0.1) is 36.3 Å². The Kier molecular flexibility index (Phi) is 9.06. The van der Waals surface area contributed by atoms with Gasteiger partial charge in [0.25, 0.3) is 6.47 Å². The summed E-state index contributed by atoms with van der Waals surface area (Å²) in [6.07, 6.45) is 7.20. The molecule has 0 bridgehead atoms. The number of likely N-dealkylation sites (N-methyl/N-ethyl adjacent to an activating group) is 1. The number of fused-ring (bicyclic) bond motifs is 3. The molecule has 3 fully saturated rings. The SMILES string of the molecule is CN[C@@]1(C)COCCN(c2nc(OCC34CCCN3CCC4)nc3c(F)c(-c4cc(O)cc5cccc(CCCOC=O)c45)ncc23)C1. The lowest BCUT2D eigenvalue weighted by Gasteiger charge is -2.33. The third-order valence-corrected chi connectivity index (χ3v) is 10.4. The minimum absolute atomic E-state index is 0.000453. The zero-order valence-electron chi connectivity index (χ0n) is 27.6. The number of halogens is 1. The molecule has 1 atom stereocenters. The molecule has 0 radical (unpaired) electrons. The lowest BCUT2D eigenvalue weighted by molar-refractivity contribution is -0.128. The second kappa shape index (κ2) is 13.4. The number of pyridine rings is 1. The van der Waals surface area contributed by atoms with Crippen LogP contribution in [0.15, 0.2) is 36.5 Å². The number of phenolic OH excluding ortho intramolecular Hbond substituents is 1. The van der Waals surface area contributed by atoms with E-state index >= 15 is 4.39 Å². The van der Waals surface area contributed by atoms with Crippen molar-refractivity contribution in [2.24, 2.45) is 0 Å². The molecule has 3 aliphatic heterocycles. The van der Waals surface area contributed by atoms with E-state index in [-0.39, 0.29) is 40.7 Å². The van der Waals surface area contributed by atoms with Crippen molar-refractivity contribution in [3.8, 4) is 23.0 Å². The van der Waals surface area contributed by atoms with Gasteiger partial charge in [-0.3, -0.25) is 14.7 Å². The van der Waals surface area contributed by atoms with Gasteiger partial charge in [0.2, 0.25) is 0 Å². The monoisotopic (exact) mass is 658 g/mol. The third-order valence-electron chi connectivity index (χ3n) is 10.4. The number of aryl methyl sites for hydroxylation is 1. The van der Waals surface area contributed by atoms with E-state index in [2.05, 4.69) is 27.0 Å². The molecule has 0 amide bonds. The van der Waals surface area contributed by atoms with Crippen molar-refractivity contribution in [2.75, 3.05) is 64.6 Å². The molecule has 5 heterocycles. The maximum Gasteiger partial charge on any atom is 0.319 e. The second-order valence-corrected chi connectivity index (χ2v) is 13.6. The third kappa shape index (κ3) is 6.12. The average molecular weight is 659 g/mol. The molecule has 3 aliphatic rings. The second-order valence-electron chi connectivity index (χ2n) is 13.6. The fourth-order valence-electron chi connectivity index (χ4n) is 7.80. The summed E-state index contributed by atoms with van der Waals surface area (Å²) in [5, 5.41) is 16.1. The van der Waals surface area contributed by atoms with Gasteiger partial charge >= 0.3 is 6.01 Å². The van der Waals surface area contributed by atoms with E-state index in [4.69, 9.17) is 24.2 Å². The summed E-state index contributed by atoms with van der Waals surface area (Å²) in [4.78, 5) is 29.6. The van der Waals surface area contributed by atoms with Crippen LogP contribution in [-0.2, 0) is 20.7 Å². The molecule has 2 aromatic carbocycles. The van der Waals surface area contributed by atoms with Gasteiger partial charge in [-0.15, -0.1) is 0 Å². The van der Waals surface area contributed by atoms with E-state index in [1.807, 2.05) is 25.2 Å². The van der Waals surface area contributed by atoms with Crippen LogP contribution in [0.25, 0.3) is 32.9 Å². The molecular weight excluding hydrogens is 615 g/mol. The first kappa shape index (κ1) is 32.4. The van der Waals surface area contributed by atoms with Crippen molar-refractivity contribution >= 4 is 34.0 Å². The summed E-state index contributed by atoms with van der Waals surface area (Å²) in [7, 11) is 1.91. The molecule has 254 valence electrons. The van der Waals surface area contributed by atoms with Crippen LogP contribution >= 0.6 is 0 Å². The Morgan fingerprint density at radius 1 is 1.17 bits per heavy atom. The van der Waals surface area contributed by atoms with Gasteiger partial charge < -0.3 is 29.5 Å². The summed E-state index contributed by atoms with van der Waals surface area (Å²) in [5.41, 5.74) is 1.18. The molecule has 3 saturated heterocycles. The summed E-state index contributed by atoms with van der Waals surface area (Å²) in [5.74, 6) is -0.0692. The number of hydrogen-bond donors (Lipinski definition) is 2. The number of aromatic hydroxyl groups is 1. The van der Waals surface area contributed by atoms with Crippen LogP contribution < -0.4 is 15.0 Å². The number of benzene rings is 2.